The molecular weight excluding hydrogens is 255 g/mol. The monoisotopic (exact) mass is 269 g/mol. The van der Waals surface area contributed by atoms with E-state index in [0.717, 1.165) is 17.8 Å². The van der Waals surface area contributed by atoms with Crippen LogP contribution >= 0.6 is 0 Å². The van der Waals surface area contributed by atoms with Crippen molar-refractivity contribution < 1.29 is 13.2 Å². The number of alkyl halides is 3. The Kier molecular flexibility index (Phi) is 3.36. The Labute approximate surface area is 108 Å². The normalized spacial score (nSPS) is 13.6. The number of benzene rings is 1. The fraction of sp³-hybridized carbons (Fsp3) is 0.308. The van der Waals surface area contributed by atoms with Gasteiger partial charge in [-0.1, -0.05) is 12.1 Å². The second-order valence-corrected chi connectivity index (χ2v) is 4.44. The fourth-order valence-corrected chi connectivity index (χ4v) is 2.00. The Hall–Kier alpha value is -1.82. The van der Waals surface area contributed by atoms with Crippen molar-refractivity contribution in [2.75, 3.05) is 0 Å². The number of nitrogens with two attached hydrogens (primary N) is 1. The molecule has 2 rings (SSSR count). The highest BCUT2D eigenvalue weighted by atomic mass is 19.4. The highest BCUT2D eigenvalue weighted by Gasteiger charge is 2.31. The molecule has 0 bridgehead atoms. The maximum absolute atomic E-state index is 12.7. The molecule has 0 aliphatic rings. The van der Waals surface area contributed by atoms with Crippen molar-refractivity contribution in [3.8, 4) is 0 Å². The third-order valence-corrected chi connectivity index (χ3v) is 2.93. The van der Waals surface area contributed by atoms with Crippen LogP contribution in [0.25, 0.3) is 0 Å². The van der Waals surface area contributed by atoms with Gasteiger partial charge in [-0.2, -0.15) is 18.3 Å². The van der Waals surface area contributed by atoms with Crippen LogP contribution in [0.15, 0.2) is 30.3 Å². The first-order chi connectivity index (χ1) is 8.79. The summed E-state index contributed by atoms with van der Waals surface area (Å²) in [5.41, 5.74) is 7.19. The van der Waals surface area contributed by atoms with E-state index >= 15 is 0 Å². The molecule has 0 spiro atoms. The molecule has 0 aliphatic carbocycles. The molecule has 6 heteroatoms. The SMILES string of the molecule is Cc1cc(C(N)c2cccc(C(F)(F)F)c2)n(C)n1. The van der Waals surface area contributed by atoms with E-state index < -0.39 is 17.8 Å². The maximum atomic E-state index is 12.7. The average Bonchev–Trinajstić information content (AvgIpc) is 2.66. The van der Waals surface area contributed by atoms with Gasteiger partial charge in [0.2, 0.25) is 0 Å². The predicted molar refractivity (Wildman–Crippen MR) is 65.4 cm³/mol. The summed E-state index contributed by atoms with van der Waals surface area (Å²) in [6, 6.07) is 6.19. The van der Waals surface area contributed by atoms with Crippen molar-refractivity contribution in [1.29, 1.82) is 0 Å². The first-order valence-electron chi connectivity index (χ1n) is 5.72. The van der Waals surface area contributed by atoms with Crippen molar-refractivity contribution in [3.63, 3.8) is 0 Å². The molecule has 2 N–H and O–H groups in total. The average molecular weight is 269 g/mol. The quantitative estimate of drug-likeness (QED) is 0.911. The molecule has 3 nitrogen and oxygen atoms in total. The lowest BCUT2D eigenvalue weighted by Gasteiger charge is -2.14. The van der Waals surface area contributed by atoms with Crippen molar-refractivity contribution >= 4 is 0 Å². The van der Waals surface area contributed by atoms with Gasteiger partial charge in [0.15, 0.2) is 0 Å². The minimum atomic E-state index is -4.36. The number of hydrogen-bond acceptors (Lipinski definition) is 2. The second kappa shape index (κ2) is 4.70. The van der Waals surface area contributed by atoms with E-state index in [1.54, 1.807) is 23.9 Å². The van der Waals surface area contributed by atoms with Crippen LogP contribution in [0, 0.1) is 6.92 Å². The van der Waals surface area contributed by atoms with Crippen molar-refractivity contribution in [3.05, 3.63) is 52.8 Å². The summed E-state index contributed by atoms with van der Waals surface area (Å²) in [4.78, 5) is 0. The summed E-state index contributed by atoms with van der Waals surface area (Å²) in [7, 11) is 1.72. The Bertz CT molecular complexity index is 587. The predicted octanol–water partition coefficient (Wildman–Crippen LogP) is 2.80. The fourth-order valence-electron chi connectivity index (χ4n) is 2.00. The summed E-state index contributed by atoms with van der Waals surface area (Å²) in [5, 5.41) is 4.14. The van der Waals surface area contributed by atoms with Gasteiger partial charge in [-0.05, 0) is 30.7 Å². The van der Waals surface area contributed by atoms with Gasteiger partial charge < -0.3 is 5.73 Å². The van der Waals surface area contributed by atoms with Gasteiger partial charge >= 0.3 is 6.18 Å². The van der Waals surface area contributed by atoms with E-state index in [1.807, 2.05) is 6.92 Å². The van der Waals surface area contributed by atoms with E-state index in [4.69, 9.17) is 5.73 Å². The molecule has 0 saturated carbocycles. The summed E-state index contributed by atoms with van der Waals surface area (Å²) >= 11 is 0. The van der Waals surface area contributed by atoms with Gasteiger partial charge in [0.1, 0.15) is 0 Å². The number of hydrogen-bond donors (Lipinski definition) is 1. The molecule has 0 amide bonds. The molecule has 0 fully saturated rings. The topological polar surface area (TPSA) is 43.8 Å². The van der Waals surface area contributed by atoms with E-state index in [2.05, 4.69) is 5.10 Å². The highest BCUT2D eigenvalue weighted by Crippen LogP contribution is 2.31. The van der Waals surface area contributed by atoms with Crippen molar-refractivity contribution in [2.24, 2.45) is 12.8 Å². The molecule has 19 heavy (non-hydrogen) atoms. The van der Waals surface area contributed by atoms with E-state index in [0.29, 0.717) is 11.3 Å². The third kappa shape index (κ3) is 2.78. The lowest BCUT2D eigenvalue weighted by atomic mass is 10.0. The van der Waals surface area contributed by atoms with E-state index in [1.165, 1.54) is 6.07 Å². The number of aryl methyl sites for hydroxylation is 2. The smallest absolute Gasteiger partial charge is 0.319 e. The van der Waals surface area contributed by atoms with Crippen LogP contribution < -0.4 is 5.73 Å². The maximum Gasteiger partial charge on any atom is 0.416 e. The first kappa shape index (κ1) is 13.6. The Morgan fingerprint density at radius 3 is 2.47 bits per heavy atom. The van der Waals surface area contributed by atoms with Gasteiger partial charge in [-0.3, -0.25) is 4.68 Å². The molecule has 1 atom stereocenters. The molecule has 1 aromatic carbocycles. The summed E-state index contributed by atoms with van der Waals surface area (Å²) in [6.07, 6.45) is -4.36. The summed E-state index contributed by atoms with van der Waals surface area (Å²) < 4.78 is 39.6. The zero-order valence-electron chi connectivity index (χ0n) is 10.6. The van der Waals surface area contributed by atoms with E-state index in [-0.39, 0.29) is 0 Å². The number of rotatable bonds is 2. The highest BCUT2D eigenvalue weighted by molar-refractivity contribution is 5.33. The van der Waals surface area contributed by atoms with Gasteiger partial charge in [-0.15, -0.1) is 0 Å². The zero-order valence-corrected chi connectivity index (χ0v) is 10.6. The van der Waals surface area contributed by atoms with Crippen molar-refractivity contribution in [1.82, 2.24) is 9.78 Å². The van der Waals surface area contributed by atoms with Gasteiger partial charge in [0.25, 0.3) is 0 Å². The third-order valence-electron chi connectivity index (χ3n) is 2.93. The van der Waals surface area contributed by atoms with E-state index in [9.17, 15) is 13.2 Å². The van der Waals surface area contributed by atoms with Crippen LogP contribution in [-0.4, -0.2) is 9.78 Å². The number of aromatic nitrogens is 2. The Balaban J connectivity index is 2.39. The van der Waals surface area contributed by atoms with Crippen molar-refractivity contribution in [2.45, 2.75) is 19.1 Å². The van der Waals surface area contributed by atoms with Crippen LogP contribution in [-0.2, 0) is 13.2 Å². The standard InChI is InChI=1S/C13H14F3N3/c1-8-6-11(19(2)18-8)12(17)9-4-3-5-10(7-9)13(14,15)16/h3-7,12H,17H2,1-2H3. The molecule has 2 aromatic rings. The molecule has 102 valence electrons. The van der Waals surface area contributed by atoms with Gasteiger partial charge in [0.05, 0.1) is 23.0 Å². The molecule has 0 saturated heterocycles. The van der Waals surface area contributed by atoms with Gasteiger partial charge in [0, 0.05) is 7.05 Å². The Morgan fingerprint density at radius 2 is 1.95 bits per heavy atom. The second-order valence-electron chi connectivity index (χ2n) is 4.44. The molecule has 0 aliphatic heterocycles. The van der Waals surface area contributed by atoms with Crippen LogP contribution in [0.1, 0.15) is 28.6 Å². The molecule has 1 unspecified atom stereocenters. The number of halogens is 3. The molecule has 0 radical (unpaired) electrons. The van der Waals surface area contributed by atoms with Crippen LogP contribution in [0.2, 0.25) is 0 Å². The largest absolute Gasteiger partial charge is 0.416 e. The zero-order chi connectivity index (χ0) is 14.2. The molecule has 1 heterocycles. The van der Waals surface area contributed by atoms with Gasteiger partial charge in [-0.25, -0.2) is 0 Å². The summed E-state index contributed by atoms with van der Waals surface area (Å²) in [5.74, 6) is 0. The summed E-state index contributed by atoms with van der Waals surface area (Å²) in [6.45, 7) is 1.81. The van der Waals surface area contributed by atoms with Crippen LogP contribution in [0.3, 0.4) is 0 Å². The minimum Gasteiger partial charge on any atom is -0.319 e. The van der Waals surface area contributed by atoms with Crippen LogP contribution in [0.5, 0.6) is 0 Å². The first-order valence-corrected chi connectivity index (χ1v) is 5.72. The molecular formula is C13H14F3N3. The molecule has 1 aromatic heterocycles. The lowest BCUT2D eigenvalue weighted by molar-refractivity contribution is -0.137. The lowest BCUT2D eigenvalue weighted by Crippen LogP contribution is -2.17. The minimum absolute atomic E-state index is 0.415. The Morgan fingerprint density at radius 1 is 1.26 bits per heavy atom. The van der Waals surface area contributed by atoms with Crippen LogP contribution in [0.4, 0.5) is 13.2 Å². The number of nitrogens with zero attached hydrogens (tertiary/aromatic N) is 2.